The van der Waals surface area contributed by atoms with Crippen LogP contribution < -0.4 is 15.5 Å². The molecular weight excluding hydrogens is 336 g/mol. The fourth-order valence-corrected chi connectivity index (χ4v) is 3.50. The molecule has 0 atom stereocenters. The molecule has 0 saturated heterocycles. The van der Waals surface area contributed by atoms with Gasteiger partial charge in [0.2, 0.25) is 0 Å². The Morgan fingerprint density at radius 3 is 2.52 bits per heavy atom. The topological polar surface area (TPSA) is 59.9 Å². The monoisotopic (exact) mass is 372 g/mol. The van der Waals surface area contributed by atoms with Crippen molar-refractivity contribution < 1.29 is 5.11 Å². The van der Waals surface area contributed by atoms with Crippen LogP contribution >= 0.6 is 0 Å². The predicted molar refractivity (Wildman–Crippen MR) is 115 cm³/mol. The second-order valence-electron chi connectivity index (χ2n) is 7.28. The number of anilines is 1. The van der Waals surface area contributed by atoms with Crippen molar-refractivity contribution >= 4 is 11.6 Å². The Labute approximate surface area is 164 Å². The molecule has 1 aliphatic rings. The number of hydrogen-bond acceptors (Lipinski definition) is 3. The summed E-state index contributed by atoms with van der Waals surface area (Å²) >= 11 is 0. The molecule has 150 valence electrons. The average Bonchev–Trinajstić information content (AvgIpc) is 3.24. The fraction of sp³-hybridized carbons (Fsp3) is 0.591. The van der Waals surface area contributed by atoms with E-state index in [4.69, 9.17) is 4.99 Å². The molecule has 27 heavy (non-hydrogen) atoms. The fourth-order valence-electron chi connectivity index (χ4n) is 3.50. The SMILES string of the molecule is CCNC(=NCc1cccc(N2CC=CC2)c1)NCC(CC)(CC)CCO. The van der Waals surface area contributed by atoms with E-state index in [0.717, 1.165) is 51.4 Å². The highest BCUT2D eigenvalue weighted by atomic mass is 16.3. The summed E-state index contributed by atoms with van der Waals surface area (Å²) in [4.78, 5) is 7.13. The Kier molecular flexibility index (Phi) is 8.65. The van der Waals surface area contributed by atoms with E-state index in [0.29, 0.717) is 6.54 Å². The van der Waals surface area contributed by atoms with Crippen LogP contribution in [0, 0.1) is 5.41 Å². The summed E-state index contributed by atoms with van der Waals surface area (Å²) in [5.41, 5.74) is 2.59. The predicted octanol–water partition coefficient (Wildman–Crippen LogP) is 3.31. The van der Waals surface area contributed by atoms with Gasteiger partial charge in [0.05, 0.1) is 6.54 Å². The second kappa shape index (κ2) is 11.0. The van der Waals surface area contributed by atoms with Crippen LogP contribution in [0.25, 0.3) is 0 Å². The number of rotatable bonds is 10. The van der Waals surface area contributed by atoms with Crippen LogP contribution in [-0.4, -0.2) is 43.9 Å². The first-order valence-electron chi connectivity index (χ1n) is 10.3. The van der Waals surface area contributed by atoms with Crippen molar-refractivity contribution in [2.75, 3.05) is 37.7 Å². The number of hydrogen-bond donors (Lipinski definition) is 3. The maximum atomic E-state index is 9.42. The van der Waals surface area contributed by atoms with Gasteiger partial charge in [-0.3, -0.25) is 0 Å². The molecule has 0 bridgehead atoms. The van der Waals surface area contributed by atoms with Gasteiger partial charge in [-0.2, -0.15) is 0 Å². The number of nitrogens with zero attached hydrogens (tertiary/aromatic N) is 2. The molecule has 1 heterocycles. The van der Waals surface area contributed by atoms with Crippen LogP contribution in [0.1, 0.15) is 45.6 Å². The molecule has 1 aromatic rings. The minimum atomic E-state index is 0.119. The summed E-state index contributed by atoms with van der Waals surface area (Å²) in [5, 5.41) is 16.3. The summed E-state index contributed by atoms with van der Waals surface area (Å²) in [7, 11) is 0. The Hall–Kier alpha value is -2.01. The Morgan fingerprint density at radius 1 is 1.15 bits per heavy atom. The average molecular weight is 373 g/mol. The summed E-state index contributed by atoms with van der Waals surface area (Å²) < 4.78 is 0. The Bertz CT molecular complexity index is 614. The van der Waals surface area contributed by atoms with Crippen LogP contribution in [0.5, 0.6) is 0 Å². The van der Waals surface area contributed by atoms with Gasteiger partial charge in [0.15, 0.2) is 5.96 Å². The molecule has 0 saturated carbocycles. The smallest absolute Gasteiger partial charge is 0.191 e. The second-order valence-corrected chi connectivity index (χ2v) is 7.28. The molecule has 1 aromatic carbocycles. The zero-order valence-electron chi connectivity index (χ0n) is 17.2. The number of aliphatic hydroxyl groups excluding tert-OH is 1. The Morgan fingerprint density at radius 2 is 1.89 bits per heavy atom. The molecule has 0 fully saturated rings. The number of aliphatic hydroxyl groups is 1. The zero-order chi connectivity index (χ0) is 19.5. The summed E-state index contributed by atoms with van der Waals surface area (Å²) in [6.07, 6.45) is 7.32. The van der Waals surface area contributed by atoms with E-state index in [-0.39, 0.29) is 12.0 Å². The largest absolute Gasteiger partial charge is 0.396 e. The summed E-state index contributed by atoms with van der Waals surface area (Å²) in [5.74, 6) is 0.843. The molecule has 0 amide bonds. The van der Waals surface area contributed by atoms with Crippen LogP contribution in [-0.2, 0) is 6.54 Å². The van der Waals surface area contributed by atoms with Gasteiger partial charge in [-0.1, -0.05) is 38.1 Å². The van der Waals surface area contributed by atoms with Crippen molar-refractivity contribution in [1.82, 2.24) is 10.6 Å². The van der Waals surface area contributed by atoms with Crippen LogP contribution in [0.2, 0.25) is 0 Å². The van der Waals surface area contributed by atoms with Gasteiger partial charge in [0.25, 0.3) is 0 Å². The number of guanidine groups is 1. The van der Waals surface area contributed by atoms with Crippen molar-refractivity contribution in [1.29, 1.82) is 0 Å². The van der Waals surface area contributed by atoms with E-state index in [1.54, 1.807) is 0 Å². The summed E-state index contributed by atoms with van der Waals surface area (Å²) in [6, 6.07) is 8.64. The molecule has 0 unspecified atom stereocenters. The molecule has 0 spiro atoms. The van der Waals surface area contributed by atoms with E-state index >= 15 is 0 Å². The van der Waals surface area contributed by atoms with E-state index in [2.05, 4.69) is 72.7 Å². The molecular formula is C22H36N4O. The van der Waals surface area contributed by atoms with Crippen molar-refractivity contribution in [3.63, 3.8) is 0 Å². The summed E-state index contributed by atoms with van der Waals surface area (Å²) in [6.45, 7) is 11.0. The highest BCUT2D eigenvalue weighted by Gasteiger charge is 2.25. The van der Waals surface area contributed by atoms with Crippen molar-refractivity contribution in [3.8, 4) is 0 Å². The quantitative estimate of drug-likeness (QED) is 0.335. The lowest BCUT2D eigenvalue weighted by Gasteiger charge is -2.32. The van der Waals surface area contributed by atoms with Crippen molar-refractivity contribution in [2.45, 2.75) is 46.6 Å². The van der Waals surface area contributed by atoms with Gasteiger partial charge in [-0.25, -0.2) is 4.99 Å². The highest BCUT2D eigenvalue weighted by molar-refractivity contribution is 5.79. The third-order valence-electron chi connectivity index (χ3n) is 5.63. The minimum absolute atomic E-state index is 0.119. The number of benzene rings is 1. The van der Waals surface area contributed by atoms with Crippen LogP contribution in [0.4, 0.5) is 5.69 Å². The first kappa shape index (κ1) is 21.3. The first-order valence-corrected chi connectivity index (χ1v) is 10.3. The van der Waals surface area contributed by atoms with Gasteiger partial charge < -0.3 is 20.6 Å². The van der Waals surface area contributed by atoms with E-state index in [1.807, 2.05) is 0 Å². The first-order chi connectivity index (χ1) is 13.2. The molecule has 0 radical (unpaired) electrons. The van der Waals surface area contributed by atoms with Gasteiger partial charge >= 0.3 is 0 Å². The van der Waals surface area contributed by atoms with Crippen molar-refractivity contribution in [2.24, 2.45) is 10.4 Å². The molecule has 0 aliphatic carbocycles. The lowest BCUT2D eigenvalue weighted by atomic mass is 9.79. The maximum absolute atomic E-state index is 9.42. The van der Waals surface area contributed by atoms with E-state index < -0.39 is 0 Å². The van der Waals surface area contributed by atoms with Gasteiger partial charge in [0.1, 0.15) is 0 Å². The lowest BCUT2D eigenvalue weighted by Crippen LogP contribution is -2.43. The molecule has 5 heteroatoms. The third-order valence-corrected chi connectivity index (χ3v) is 5.63. The molecule has 3 N–H and O–H groups in total. The van der Waals surface area contributed by atoms with Gasteiger partial charge in [-0.15, -0.1) is 0 Å². The third kappa shape index (κ3) is 6.28. The standard InChI is InChI=1S/C22H36N4O/c1-4-22(5-2,12-15-27)18-25-21(23-6-3)24-17-19-10-9-11-20(16-19)26-13-7-8-14-26/h7-11,16,27H,4-6,12-15,17-18H2,1-3H3,(H2,23,24,25). The molecule has 2 rings (SSSR count). The van der Waals surface area contributed by atoms with Gasteiger partial charge in [0, 0.05) is 38.5 Å². The van der Waals surface area contributed by atoms with Crippen LogP contribution in [0.15, 0.2) is 41.4 Å². The lowest BCUT2D eigenvalue weighted by molar-refractivity contribution is 0.169. The van der Waals surface area contributed by atoms with E-state index in [9.17, 15) is 5.11 Å². The maximum Gasteiger partial charge on any atom is 0.191 e. The number of aliphatic imine (C=N–C) groups is 1. The minimum Gasteiger partial charge on any atom is -0.396 e. The Balaban J connectivity index is 2.01. The molecule has 0 aromatic heterocycles. The number of nitrogens with one attached hydrogen (secondary N) is 2. The van der Waals surface area contributed by atoms with Gasteiger partial charge in [-0.05, 0) is 49.3 Å². The zero-order valence-corrected chi connectivity index (χ0v) is 17.2. The van der Waals surface area contributed by atoms with Crippen LogP contribution in [0.3, 0.4) is 0 Å². The molecule has 1 aliphatic heterocycles. The molecule has 5 nitrogen and oxygen atoms in total. The van der Waals surface area contributed by atoms with E-state index in [1.165, 1.54) is 11.3 Å². The highest BCUT2D eigenvalue weighted by Crippen LogP contribution is 2.29. The van der Waals surface area contributed by atoms with Crippen molar-refractivity contribution in [3.05, 3.63) is 42.0 Å². The normalized spacial score (nSPS) is 14.7.